The summed E-state index contributed by atoms with van der Waals surface area (Å²) in [7, 11) is 0. The standard InChI is InChI=1S/C14H14BrN3O2/c1-10(17-12-6-4-11(15)5-7-12)14(19)18-16-9-13-3-2-8-20-13/h2-10,17H,1H3,(H,18,19). The molecule has 2 aromatic rings. The van der Waals surface area contributed by atoms with Crippen LogP contribution in [0.15, 0.2) is 56.7 Å². The molecule has 6 heteroatoms. The Balaban J connectivity index is 1.84. The SMILES string of the molecule is CC(Nc1ccc(Br)cc1)C(=O)NN=Cc1ccco1. The van der Waals surface area contributed by atoms with Gasteiger partial charge in [0.05, 0.1) is 12.5 Å². The second-order valence-corrected chi connectivity index (χ2v) is 5.04. The summed E-state index contributed by atoms with van der Waals surface area (Å²) in [5, 5.41) is 6.91. The van der Waals surface area contributed by atoms with Crippen LogP contribution in [-0.4, -0.2) is 18.2 Å². The van der Waals surface area contributed by atoms with E-state index >= 15 is 0 Å². The fourth-order valence-electron chi connectivity index (χ4n) is 1.48. The minimum atomic E-state index is -0.398. The number of hydrogen-bond donors (Lipinski definition) is 2. The molecule has 1 atom stereocenters. The van der Waals surface area contributed by atoms with Crippen molar-refractivity contribution >= 4 is 33.7 Å². The fraction of sp³-hybridized carbons (Fsp3) is 0.143. The molecule has 1 aromatic heterocycles. The summed E-state index contributed by atoms with van der Waals surface area (Å²) < 4.78 is 6.05. The lowest BCUT2D eigenvalue weighted by atomic mass is 10.2. The zero-order valence-electron chi connectivity index (χ0n) is 10.8. The molecular weight excluding hydrogens is 322 g/mol. The third-order valence-electron chi connectivity index (χ3n) is 2.53. The third kappa shape index (κ3) is 4.24. The van der Waals surface area contributed by atoms with Crippen molar-refractivity contribution in [2.24, 2.45) is 5.10 Å². The Morgan fingerprint density at radius 3 is 2.75 bits per heavy atom. The van der Waals surface area contributed by atoms with Crippen LogP contribution in [0.2, 0.25) is 0 Å². The normalized spacial score (nSPS) is 12.3. The summed E-state index contributed by atoms with van der Waals surface area (Å²) >= 11 is 3.36. The number of carbonyl (C=O) groups excluding carboxylic acids is 1. The van der Waals surface area contributed by atoms with Crippen LogP contribution in [0.3, 0.4) is 0 Å². The van der Waals surface area contributed by atoms with Crippen LogP contribution in [0.25, 0.3) is 0 Å². The first-order valence-corrected chi connectivity index (χ1v) is 6.83. The van der Waals surface area contributed by atoms with E-state index in [9.17, 15) is 4.79 Å². The molecule has 20 heavy (non-hydrogen) atoms. The average molecular weight is 336 g/mol. The maximum atomic E-state index is 11.8. The van der Waals surface area contributed by atoms with Crippen molar-refractivity contribution in [1.29, 1.82) is 0 Å². The zero-order chi connectivity index (χ0) is 14.4. The van der Waals surface area contributed by atoms with E-state index < -0.39 is 6.04 Å². The van der Waals surface area contributed by atoms with E-state index in [2.05, 4.69) is 31.8 Å². The van der Waals surface area contributed by atoms with E-state index in [4.69, 9.17) is 4.42 Å². The molecule has 0 aliphatic rings. The molecule has 0 aliphatic carbocycles. The molecular formula is C14H14BrN3O2. The largest absolute Gasteiger partial charge is 0.463 e. The molecule has 1 heterocycles. The lowest BCUT2D eigenvalue weighted by Gasteiger charge is -2.13. The van der Waals surface area contributed by atoms with Gasteiger partial charge in [-0.25, -0.2) is 5.43 Å². The van der Waals surface area contributed by atoms with Crippen molar-refractivity contribution in [2.45, 2.75) is 13.0 Å². The maximum absolute atomic E-state index is 11.8. The second kappa shape index (κ2) is 6.91. The number of amides is 1. The number of rotatable bonds is 5. The van der Waals surface area contributed by atoms with Gasteiger partial charge in [-0.2, -0.15) is 5.10 Å². The number of benzene rings is 1. The van der Waals surface area contributed by atoms with Gasteiger partial charge in [-0.15, -0.1) is 0 Å². The lowest BCUT2D eigenvalue weighted by molar-refractivity contribution is -0.121. The Bertz CT molecular complexity index is 579. The fourth-order valence-corrected chi connectivity index (χ4v) is 1.75. The molecule has 2 rings (SSSR count). The van der Waals surface area contributed by atoms with Crippen LogP contribution in [-0.2, 0) is 4.79 Å². The molecule has 0 spiro atoms. The molecule has 2 N–H and O–H groups in total. The molecule has 5 nitrogen and oxygen atoms in total. The van der Waals surface area contributed by atoms with Gasteiger partial charge in [0, 0.05) is 10.2 Å². The Hall–Kier alpha value is -2.08. The summed E-state index contributed by atoms with van der Waals surface area (Å²) in [5.41, 5.74) is 3.32. The highest BCUT2D eigenvalue weighted by Crippen LogP contribution is 2.14. The molecule has 0 saturated carbocycles. The second-order valence-electron chi connectivity index (χ2n) is 4.12. The quantitative estimate of drug-likeness (QED) is 0.652. The van der Waals surface area contributed by atoms with Crippen molar-refractivity contribution < 1.29 is 9.21 Å². The van der Waals surface area contributed by atoms with Crippen LogP contribution in [0.4, 0.5) is 5.69 Å². The van der Waals surface area contributed by atoms with Gasteiger partial charge in [0.2, 0.25) is 0 Å². The predicted octanol–water partition coefficient (Wildman–Crippen LogP) is 2.99. The number of hydrazone groups is 1. The van der Waals surface area contributed by atoms with E-state index in [-0.39, 0.29) is 5.91 Å². The highest BCUT2D eigenvalue weighted by Gasteiger charge is 2.11. The van der Waals surface area contributed by atoms with Crippen LogP contribution >= 0.6 is 15.9 Å². The van der Waals surface area contributed by atoms with Crippen LogP contribution in [0, 0.1) is 0 Å². The highest BCUT2D eigenvalue weighted by atomic mass is 79.9. The lowest BCUT2D eigenvalue weighted by Crippen LogP contribution is -2.34. The minimum absolute atomic E-state index is 0.226. The summed E-state index contributed by atoms with van der Waals surface area (Å²) in [6, 6.07) is 10.7. The topological polar surface area (TPSA) is 66.6 Å². The summed E-state index contributed by atoms with van der Waals surface area (Å²) in [6.45, 7) is 1.76. The van der Waals surface area contributed by atoms with E-state index in [1.54, 1.807) is 25.3 Å². The third-order valence-corrected chi connectivity index (χ3v) is 3.06. The number of hydrogen-bond acceptors (Lipinski definition) is 4. The molecule has 0 saturated heterocycles. The van der Waals surface area contributed by atoms with Crippen molar-refractivity contribution in [3.63, 3.8) is 0 Å². The Morgan fingerprint density at radius 1 is 1.35 bits per heavy atom. The van der Waals surface area contributed by atoms with Gasteiger partial charge in [-0.3, -0.25) is 4.79 Å². The van der Waals surface area contributed by atoms with Gasteiger partial charge >= 0.3 is 0 Å². The van der Waals surface area contributed by atoms with Crippen molar-refractivity contribution in [3.8, 4) is 0 Å². The first-order valence-electron chi connectivity index (χ1n) is 6.03. The molecule has 0 bridgehead atoms. The monoisotopic (exact) mass is 335 g/mol. The first kappa shape index (κ1) is 14.3. The predicted molar refractivity (Wildman–Crippen MR) is 81.7 cm³/mol. The van der Waals surface area contributed by atoms with Crippen molar-refractivity contribution in [3.05, 3.63) is 52.9 Å². The maximum Gasteiger partial charge on any atom is 0.262 e. The number of nitrogens with one attached hydrogen (secondary N) is 2. The van der Waals surface area contributed by atoms with E-state index in [1.165, 1.54) is 6.21 Å². The molecule has 0 radical (unpaired) electrons. The Labute approximate surface area is 125 Å². The number of furan rings is 1. The van der Waals surface area contributed by atoms with E-state index in [0.717, 1.165) is 10.2 Å². The van der Waals surface area contributed by atoms with E-state index in [0.29, 0.717) is 5.76 Å². The van der Waals surface area contributed by atoms with Crippen LogP contribution in [0.5, 0.6) is 0 Å². The minimum Gasteiger partial charge on any atom is -0.463 e. The molecule has 1 unspecified atom stereocenters. The van der Waals surface area contributed by atoms with Gasteiger partial charge in [0.25, 0.3) is 5.91 Å². The average Bonchev–Trinajstić information content (AvgIpc) is 2.94. The van der Waals surface area contributed by atoms with Crippen molar-refractivity contribution in [2.75, 3.05) is 5.32 Å². The molecule has 0 fully saturated rings. The number of halogens is 1. The van der Waals surface area contributed by atoms with Gasteiger partial charge in [-0.05, 0) is 43.3 Å². The summed E-state index contributed by atoms with van der Waals surface area (Å²) in [5.74, 6) is 0.356. The summed E-state index contributed by atoms with van der Waals surface area (Å²) in [4.78, 5) is 11.8. The van der Waals surface area contributed by atoms with Gasteiger partial charge in [-0.1, -0.05) is 15.9 Å². The Kier molecular flexibility index (Phi) is 4.95. The highest BCUT2D eigenvalue weighted by molar-refractivity contribution is 9.10. The Morgan fingerprint density at radius 2 is 2.10 bits per heavy atom. The smallest absolute Gasteiger partial charge is 0.262 e. The first-order chi connectivity index (χ1) is 9.65. The summed E-state index contributed by atoms with van der Waals surface area (Å²) in [6.07, 6.45) is 2.99. The molecule has 0 aliphatic heterocycles. The number of carbonyl (C=O) groups is 1. The van der Waals surface area contributed by atoms with Gasteiger partial charge in [0.15, 0.2) is 0 Å². The molecule has 1 aromatic carbocycles. The van der Waals surface area contributed by atoms with E-state index in [1.807, 2.05) is 24.3 Å². The number of anilines is 1. The van der Waals surface area contributed by atoms with Crippen molar-refractivity contribution in [1.82, 2.24) is 5.43 Å². The van der Waals surface area contributed by atoms with Gasteiger partial charge in [0.1, 0.15) is 11.8 Å². The zero-order valence-corrected chi connectivity index (χ0v) is 12.4. The molecule has 1 amide bonds. The molecule has 104 valence electrons. The van der Waals surface area contributed by atoms with Gasteiger partial charge < -0.3 is 9.73 Å². The van der Waals surface area contributed by atoms with Crippen LogP contribution in [0.1, 0.15) is 12.7 Å². The van der Waals surface area contributed by atoms with Crippen LogP contribution < -0.4 is 10.7 Å². The number of nitrogens with zero attached hydrogens (tertiary/aromatic N) is 1.